The zero-order chi connectivity index (χ0) is 13.1. The van der Waals surface area contributed by atoms with E-state index in [4.69, 9.17) is 23.2 Å². The molecule has 1 amide bonds. The van der Waals surface area contributed by atoms with Gasteiger partial charge in [0.2, 0.25) is 0 Å². The number of amides is 1. The van der Waals surface area contributed by atoms with E-state index in [2.05, 4.69) is 31.1 Å². The van der Waals surface area contributed by atoms with Crippen molar-refractivity contribution >= 4 is 29.1 Å². The number of nitrogens with one attached hydrogen (secondary N) is 1. The maximum atomic E-state index is 11.9. The molecule has 0 fully saturated rings. The first kappa shape index (κ1) is 14.3. The number of hydrogen-bond donors (Lipinski definition) is 1. The van der Waals surface area contributed by atoms with Gasteiger partial charge >= 0.3 is 0 Å². The van der Waals surface area contributed by atoms with Crippen LogP contribution in [0.3, 0.4) is 0 Å². The lowest BCUT2D eigenvalue weighted by Gasteiger charge is -2.22. The summed E-state index contributed by atoms with van der Waals surface area (Å²) in [5.74, 6) is -0.183. The lowest BCUT2D eigenvalue weighted by Crippen LogP contribution is -2.33. The van der Waals surface area contributed by atoms with Gasteiger partial charge < -0.3 is 5.32 Å². The fraction of sp³-hybridized carbons (Fsp3) is 0.500. The van der Waals surface area contributed by atoms with E-state index in [0.717, 1.165) is 6.42 Å². The van der Waals surface area contributed by atoms with Gasteiger partial charge in [-0.2, -0.15) is 0 Å². The van der Waals surface area contributed by atoms with Crippen molar-refractivity contribution in [2.45, 2.75) is 27.2 Å². The van der Waals surface area contributed by atoms with Gasteiger partial charge in [0.15, 0.2) is 0 Å². The molecule has 0 spiro atoms. The smallest absolute Gasteiger partial charge is 0.251 e. The lowest BCUT2D eigenvalue weighted by atomic mass is 9.90. The molecule has 0 atom stereocenters. The largest absolute Gasteiger partial charge is 0.351 e. The SMILES string of the molecule is CCC(C)(C)CNC(=O)c1cc(Cl)nc(Cl)c1. The molecule has 0 aliphatic rings. The Bertz CT molecular complexity index is 399. The fourth-order valence-corrected chi connectivity index (χ4v) is 1.60. The van der Waals surface area contributed by atoms with E-state index >= 15 is 0 Å². The number of nitrogens with zero attached hydrogens (tertiary/aromatic N) is 1. The van der Waals surface area contributed by atoms with Gasteiger partial charge in [0.05, 0.1) is 0 Å². The Hall–Kier alpha value is -0.800. The topological polar surface area (TPSA) is 42.0 Å². The molecule has 0 saturated carbocycles. The summed E-state index contributed by atoms with van der Waals surface area (Å²) < 4.78 is 0. The molecule has 0 aliphatic carbocycles. The number of pyridine rings is 1. The van der Waals surface area contributed by atoms with Crippen LogP contribution in [0.4, 0.5) is 0 Å². The molecule has 1 aromatic rings. The Labute approximate surface area is 112 Å². The Morgan fingerprint density at radius 1 is 1.35 bits per heavy atom. The van der Waals surface area contributed by atoms with Gasteiger partial charge in [0, 0.05) is 12.1 Å². The molecule has 1 heterocycles. The summed E-state index contributed by atoms with van der Waals surface area (Å²) in [6.07, 6.45) is 0.991. The monoisotopic (exact) mass is 274 g/mol. The average molecular weight is 275 g/mol. The summed E-state index contributed by atoms with van der Waals surface area (Å²) in [6.45, 7) is 6.89. The fourth-order valence-electron chi connectivity index (χ4n) is 1.14. The van der Waals surface area contributed by atoms with Crippen LogP contribution in [0, 0.1) is 5.41 Å². The maximum absolute atomic E-state index is 11.9. The average Bonchev–Trinajstić information content (AvgIpc) is 2.24. The molecular formula is C12H16Cl2N2O. The number of aromatic nitrogens is 1. The first-order valence-corrected chi connectivity index (χ1v) is 6.21. The quantitative estimate of drug-likeness (QED) is 0.854. The van der Waals surface area contributed by atoms with Crippen LogP contribution < -0.4 is 5.32 Å². The zero-order valence-corrected chi connectivity index (χ0v) is 11.7. The second-order valence-corrected chi connectivity index (χ2v) is 5.48. The van der Waals surface area contributed by atoms with Crippen molar-refractivity contribution in [3.8, 4) is 0 Å². The van der Waals surface area contributed by atoms with Crippen molar-refractivity contribution in [2.24, 2.45) is 5.41 Å². The van der Waals surface area contributed by atoms with Crippen molar-refractivity contribution in [3.05, 3.63) is 28.0 Å². The van der Waals surface area contributed by atoms with Crippen molar-refractivity contribution in [1.29, 1.82) is 0 Å². The highest BCUT2D eigenvalue weighted by Crippen LogP contribution is 2.19. The summed E-state index contributed by atoms with van der Waals surface area (Å²) >= 11 is 11.5. The van der Waals surface area contributed by atoms with Crippen LogP contribution in [0.15, 0.2) is 12.1 Å². The van der Waals surface area contributed by atoms with E-state index in [1.807, 2.05) is 0 Å². The second-order valence-electron chi connectivity index (χ2n) is 4.70. The third-order valence-electron chi connectivity index (χ3n) is 2.71. The Morgan fingerprint density at radius 3 is 2.35 bits per heavy atom. The summed E-state index contributed by atoms with van der Waals surface area (Å²) in [5.41, 5.74) is 0.512. The predicted molar refractivity (Wildman–Crippen MR) is 70.7 cm³/mol. The molecule has 17 heavy (non-hydrogen) atoms. The zero-order valence-electron chi connectivity index (χ0n) is 10.2. The van der Waals surface area contributed by atoms with E-state index < -0.39 is 0 Å². The number of hydrogen-bond acceptors (Lipinski definition) is 2. The minimum Gasteiger partial charge on any atom is -0.351 e. The number of carbonyl (C=O) groups excluding carboxylic acids is 1. The molecule has 0 aliphatic heterocycles. The number of carbonyl (C=O) groups is 1. The Balaban J connectivity index is 2.70. The summed E-state index contributed by atoms with van der Waals surface area (Å²) in [6, 6.07) is 3.00. The highest BCUT2D eigenvalue weighted by molar-refractivity contribution is 6.33. The molecule has 0 unspecified atom stereocenters. The van der Waals surface area contributed by atoms with Gasteiger partial charge in [0.25, 0.3) is 5.91 Å². The molecule has 0 bridgehead atoms. The first-order chi connectivity index (χ1) is 7.84. The van der Waals surface area contributed by atoms with Crippen molar-refractivity contribution in [3.63, 3.8) is 0 Å². The van der Waals surface area contributed by atoms with Crippen LogP contribution in [-0.4, -0.2) is 17.4 Å². The van der Waals surface area contributed by atoms with Crippen molar-refractivity contribution in [2.75, 3.05) is 6.54 Å². The molecule has 0 aromatic carbocycles. The minimum atomic E-state index is -0.183. The third kappa shape index (κ3) is 4.52. The molecule has 94 valence electrons. The highest BCUT2D eigenvalue weighted by Gasteiger charge is 2.17. The van der Waals surface area contributed by atoms with E-state index in [1.165, 1.54) is 12.1 Å². The van der Waals surface area contributed by atoms with Gasteiger partial charge in [-0.15, -0.1) is 0 Å². The van der Waals surface area contributed by atoms with Crippen molar-refractivity contribution in [1.82, 2.24) is 10.3 Å². The second kappa shape index (κ2) is 5.69. The highest BCUT2D eigenvalue weighted by atomic mass is 35.5. The van der Waals surface area contributed by atoms with Gasteiger partial charge in [-0.1, -0.05) is 44.0 Å². The standard InChI is InChI=1S/C12H16Cl2N2O/c1-4-12(2,3)7-15-11(17)8-5-9(13)16-10(14)6-8/h5-6H,4,7H2,1-3H3,(H,15,17). The van der Waals surface area contributed by atoms with Gasteiger partial charge in [-0.25, -0.2) is 4.98 Å². The normalized spacial score (nSPS) is 11.4. The lowest BCUT2D eigenvalue weighted by molar-refractivity contribution is 0.0935. The minimum absolute atomic E-state index is 0.0796. The maximum Gasteiger partial charge on any atom is 0.251 e. The molecule has 5 heteroatoms. The van der Waals surface area contributed by atoms with Crippen LogP contribution in [0.2, 0.25) is 10.3 Å². The van der Waals surface area contributed by atoms with E-state index in [-0.39, 0.29) is 21.6 Å². The third-order valence-corrected chi connectivity index (χ3v) is 3.10. The van der Waals surface area contributed by atoms with Crippen LogP contribution in [-0.2, 0) is 0 Å². The molecule has 3 nitrogen and oxygen atoms in total. The van der Waals surface area contributed by atoms with Crippen LogP contribution in [0.1, 0.15) is 37.6 Å². The van der Waals surface area contributed by atoms with E-state index in [9.17, 15) is 4.79 Å². The van der Waals surface area contributed by atoms with E-state index in [1.54, 1.807) is 0 Å². The molecule has 1 aromatic heterocycles. The van der Waals surface area contributed by atoms with Crippen LogP contribution in [0.25, 0.3) is 0 Å². The molecule has 1 N–H and O–H groups in total. The van der Waals surface area contributed by atoms with Gasteiger partial charge in [-0.3, -0.25) is 4.79 Å². The van der Waals surface area contributed by atoms with Crippen LogP contribution in [0.5, 0.6) is 0 Å². The predicted octanol–water partition coefficient (Wildman–Crippen LogP) is 3.55. The Kier molecular flexibility index (Phi) is 4.78. The van der Waals surface area contributed by atoms with Gasteiger partial charge in [-0.05, 0) is 24.0 Å². The molecule has 0 saturated heterocycles. The number of rotatable bonds is 4. The Morgan fingerprint density at radius 2 is 1.88 bits per heavy atom. The summed E-state index contributed by atoms with van der Waals surface area (Å²) in [7, 11) is 0. The molecule has 0 radical (unpaired) electrons. The van der Waals surface area contributed by atoms with Crippen LogP contribution >= 0.6 is 23.2 Å². The molecule has 1 rings (SSSR count). The summed E-state index contributed by atoms with van der Waals surface area (Å²) in [5, 5.41) is 3.30. The first-order valence-electron chi connectivity index (χ1n) is 5.45. The van der Waals surface area contributed by atoms with E-state index in [0.29, 0.717) is 12.1 Å². The molecular weight excluding hydrogens is 259 g/mol. The summed E-state index contributed by atoms with van der Waals surface area (Å²) in [4.78, 5) is 15.6. The van der Waals surface area contributed by atoms with Crippen molar-refractivity contribution < 1.29 is 4.79 Å². The van der Waals surface area contributed by atoms with Gasteiger partial charge in [0.1, 0.15) is 10.3 Å². The number of halogens is 2.